The SMILES string of the molecule is CCC(NCC(O)C(F)(F)F)c1ccc(Cl)c(Cl)c1. The van der Waals surface area contributed by atoms with Gasteiger partial charge in [0.1, 0.15) is 0 Å². The van der Waals surface area contributed by atoms with Crippen molar-refractivity contribution in [2.24, 2.45) is 0 Å². The lowest BCUT2D eigenvalue weighted by atomic mass is 10.0. The lowest BCUT2D eigenvalue weighted by Gasteiger charge is -2.21. The standard InChI is InChI=1S/C12H14Cl2F3NO/c1-2-10(18-6-11(19)12(15,16)17)7-3-4-8(13)9(14)5-7/h3-5,10-11,18-19H,2,6H2,1H3. The third kappa shape index (κ3) is 4.84. The van der Waals surface area contributed by atoms with E-state index in [1.54, 1.807) is 18.2 Å². The molecule has 7 heteroatoms. The Bertz CT molecular complexity index is 426. The number of nitrogens with one attached hydrogen (secondary N) is 1. The van der Waals surface area contributed by atoms with Crippen molar-refractivity contribution in [2.45, 2.75) is 31.7 Å². The van der Waals surface area contributed by atoms with Crippen molar-refractivity contribution >= 4 is 23.2 Å². The summed E-state index contributed by atoms with van der Waals surface area (Å²) < 4.78 is 36.6. The third-order valence-corrected chi connectivity index (χ3v) is 3.43. The van der Waals surface area contributed by atoms with Gasteiger partial charge in [-0.05, 0) is 24.1 Å². The number of benzene rings is 1. The maximum atomic E-state index is 12.2. The molecule has 0 bridgehead atoms. The van der Waals surface area contributed by atoms with E-state index in [4.69, 9.17) is 28.3 Å². The van der Waals surface area contributed by atoms with E-state index in [2.05, 4.69) is 5.32 Å². The number of rotatable bonds is 5. The summed E-state index contributed by atoms with van der Waals surface area (Å²) in [6, 6.07) is 4.55. The highest BCUT2D eigenvalue weighted by Crippen LogP contribution is 2.27. The fraction of sp³-hybridized carbons (Fsp3) is 0.500. The lowest BCUT2D eigenvalue weighted by Crippen LogP contribution is -2.39. The van der Waals surface area contributed by atoms with E-state index in [-0.39, 0.29) is 6.04 Å². The molecule has 0 saturated carbocycles. The number of aliphatic hydroxyl groups excluding tert-OH is 1. The van der Waals surface area contributed by atoms with Crippen LogP contribution in [0.5, 0.6) is 0 Å². The van der Waals surface area contributed by atoms with Crippen LogP contribution in [-0.4, -0.2) is 23.9 Å². The van der Waals surface area contributed by atoms with Gasteiger partial charge in [0.2, 0.25) is 0 Å². The molecule has 0 radical (unpaired) electrons. The quantitative estimate of drug-likeness (QED) is 0.862. The summed E-state index contributed by atoms with van der Waals surface area (Å²) in [4.78, 5) is 0. The number of alkyl halides is 3. The zero-order valence-corrected chi connectivity index (χ0v) is 11.6. The first-order valence-corrected chi connectivity index (χ1v) is 6.44. The molecule has 1 rings (SSSR count). The van der Waals surface area contributed by atoms with Gasteiger partial charge in [-0.15, -0.1) is 0 Å². The summed E-state index contributed by atoms with van der Waals surface area (Å²) in [5, 5.41) is 12.3. The van der Waals surface area contributed by atoms with Gasteiger partial charge in [-0.1, -0.05) is 36.2 Å². The van der Waals surface area contributed by atoms with Gasteiger partial charge in [-0.3, -0.25) is 0 Å². The number of halogens is 5. The van der Waals surface area contributed by atoms with E-state index in [0.29, 0.717) is 16.5 Å². The smallest absolute Gasteiger partial charge is 0.382 e. The van der Waals surface area contributed by atoms with Crippen molar-refractivity contribution in [3.05, 3.63) is 33.8 Å². The minimum absolute atomic E-state index is 0.327. The average Bonchev–Trinajstić information content (AvgIpc) is 2.32. The molecule has 0 saturated heterocycles. The fourth-order valence-electron chi connectivity index (χ4n) is 1.60. The Morgan fingerprint density at radius 3 is 2.37 bits per heavy atom. The molecule has 2 nitrogen and oxygen atoms in total. The molecule has 108 valence electrons. The van der Waals surface area contributed by atoms with E-state index >= 15 is 0 Å². The first-order valence-electron chi connectivity index (χ1n) is 5.68. The Morgan fingerprint density at radius 1 is 1.26 bits per heavy atom. The highest BCUT2D eigenvalue weighted by molar-refractivity contribution is 6.42. The van der Waals surface area contributed by atoms with Gasteiger partial charge in [0, 0.05) is 12.6 Å². The van der Waals surface area contributed by atoms with Crippen LogP contribution in [-0.2, 0) is 0 Å². The molecule has 0 aliphatic heterocycles. The van der Waals surface area contributed by atoms with E-state index < -0.39 is 18.8 Å². The Kier molecular flexibility index (Phi) is 5.92. The molecular formula is C12H14Cl2F3NO. The second-order valence-electron chi connectivity index (χ2n) is 4.10. The number of aliphatic hydroxyl groups is 1. The molecule has 1 aromatic carbocycles. The lowest BCUT2D eigenvalue weighted by molar-refractivity contribution is -0.202. The largest absolute Gasteiger partial charge is 0.415 e. The maximum Gasteiger partial charge on any atom is 0.415 e. The van der Waals surface area contributed by atoms with Crippen LogP contribution in [0.1, 0.15) is 24.9 Å². The Hall–Kier alpha value is -0.490. The summed E-state index contributed by atoms with van der Waals surface area (Å²) in [7, 11) is 0. The molecule has 19 heavy (non-hydrogen) atoms. The molecule has 0 fully saturated rings. The Labute approximate surface area is 119 Å². The van der Waals surface area contributed by atoms with E-state index in [0.717, 1.165) is 5.56 Å². The van der Waals surface area contributed by atoms with Gasteiger partial charge in [0.25, 0.3) is 0 Å². The predicted molar refractivity (Wildman–Crippen MR) is 69.6 cm³/mol. The van der Waals surface area contributed by atoms with E-state index in [1.807, 2.05) is 6.92 Å². The topological polar surface area (TPSA) is 32.3 Å². The summed E-state index contributed by atoms with van der Waals surface area (Å²) in [5.74, 6) is 0. The predicted octanol–water partition coefficient (Wildman–Crippen LogP) is 3.96. The first-order chi connectivity index (χ1) is 8.75. The molecule has 0 heterocycles. The van der Waals surface area contributed by atoms with Crippen LogP contribution >= 0.6 is 23.2 Å². The van der Waals surface area contributed by atoms with Crippen LogP contribution in [0.15, 0.2) is 18.2 Å². The molecular weight excluding hydrogens is 302 g/mol. The highest BCUT2D eigenvalue weighted by Gasteiger charge is 2.38. The van der Waals surface area contributed by atoms with Gasteiger partial charge in [-0.2, -0.15) is 13.2 Å². The fourth-order valence-corrected chi connectivity index (χ4v) is 1.90. The monoisotopic (exact) mass is 315 g/mol. The van der Waals surface area contributed by atoms with E-state index in [9.17, 15) is 13.2 Å². The summed E-state index contributed by atoms with van der Waals surface area (Å²) >= 11 is 11.6. The number of hydrogen-bond donors (Lipinski definition) is 2. The minimum atomic E-state index is -4.62. The molecule has 0 aromatic heterocycles. The first kappa shape index (κ1) is 16.6. The van der Waals surface area contributed by atoms with Crippen LogP contribution in [0.25, 0.3) is 0 Å². The molecule has 0 aliphatic carbocycles. The van der Waals surface area contributed by atoms with Crippen LogP contribution in [0, 0.1) is 0 Å². The highest BCUT2D eigenvalue weighted by atomic mass is 35.5. The zero-order valence-electron chi connectivity index (χ0n) is 10.1. The summed E-state index contributed by atoms with van der Waals surface area (Å²) in [6.45, 7) is 1.25. The molecule has 2 atom stereocenters. The van der Waals surface area contributed by atoms with Crippen molar-refractivity contribution in [3.63, 3.8) is 0 Å². The van der Waals surface area contributed by atoms with Crippen LogP contribution in [0.2, 0.25) is 10.0 Å². The van der Waals surface area contributed by atoms with Gasteiger partial charge >= 0.3 is 6.18 Å². The Balaban J connectivity index is 2.70. The maximum absolute atomic E-state index is 12.2. The summed E-state index contributed by atoms with van der Waals surface area (Å²) in [6.07, 6.45) is -6.45. The number of hydrogen-bond acceptors (Lipinski definition) is 2. The van der Waals surface area contributed by atoms with Gasteiger partial charge in [-0.25, -0.2) is 0 Å². The van der Waals surface area contributed by atoms with Crippen molar-refractivity contribution in [1.29, 1.82) is 0 Å². The normalized spacial score (nSPS) is 15.3. The molecule has 2 unspecified atom stereocenters. The van der Waals surface area contributed by atoms with Crippen LogP contribution < -0.4 is 5.32 Å². The molecule has 0 spiro atoms. The van der Waals surface area contributed by atoms with Gasteiger partial charge in [0.15, 0.2) is 6.10 Å². The van der Waals surface area contributed by atoms with Crippen molar-refractivity contribution in [3.8, 4) is 0 Å². The van der Waals surface area contributed by atoms with Crippen molar-refractivity contribution in [1.82, 2.24) is 5.32 Å². The van der Waals surface area contributed by atoms with Gasteiger partial charge in [0.05, 0.1) is 10.0 Å². The minimum Gasteiger partial charge on any atom is -0.382 e. The second kappa shape index (κ2) is 6.79. The van der Waals surface area contributed by atoms with Crippen molar-refractivity contribution < 1.29 is 18.3 Å². The molecule has 1 aromatic rings. The zero-order chi connectivity index (χ0) is 14.6. The van der Waals surface area contributed by atoms with E-state index in [1.165, 1.54) is 0 Å². The average molecular weight is 316 g/mol. The molecule has 2 N–H and O–H groups in total. The summed E-state index contributed by atoms with van der Waals surface area (Å²) in [5.41, 5.74) is 0.728. The molecule has 0 aliphatic rings. The van der Waals surface area contributed by atoms with Gasteiger partial charge < -0.3 is 10.4 Å². The second-order valence-corrected chi connectivity index (χ2v) is 4.91. The molecule has 0 amide bonds. The van der Waals surface area contributed by atoms with Crippen molar-refractivity contribution in [2.75, 3.05) is 6.54 Å². The van der Waals surface area contributed by atoms with Crippen LogP contribution in [0.3, 0.4) is 0 Å². The Morgan fingerprint density at radius 2 is 1.89 bits per heavy atom. The third-order valence-electron chi connectivity index (χ3n) is 2.69. The van der Waals surface area contributed by atoms with Crippen LogP contribution in [0.4, 0.5) is 13.2 Å².